The average Bonchev–Trinajstić information content (AvgIpc) is 2.65. The molecule has 22 heavy (non-hydrogen) atoms. The van der Waals surface area contributed by atoms with Gasteiger partial charge in [0.1, 0.15) is 5.75 Å². The van der Waals surface area contributed by atoms with Gasteiger partial charge in [0.25, 0.3) is 0 Å². The molecule has 1 atom stereocenters. The van der Waals surface area contributed by atoms with Crippen LogP contribution in [-0.4, -0.2) is 31.5 Å². The number of likely N-dealkylation sites (N-methyl/N-ethyl adjacent to an activating group) is 1. The Balaban J connectivity index is 2.13. The van der Waals surface area contributed by atoms with E-state index in [4.69, 9.17) is 16.3 Å². The molecule has 0 fully saturated rings. The smallest absolute Gasteiger partial charge is 0.233 e. The summed E-state index contributed by atoms with van der Waals surface area (Å²) in [5, 5.41) is 0.620. The fourth-order valence-corrected chi connectivity index (χ4v) is 3.75. The van der Waals surface area contributed by atoms with Crippen LogP contribution in [0.25, 0.3) is 0 Å². The second-order valence-corrected chi connectivity index (χ2v) is 6.56. The third kappa shape index (κ3) is 2.74. The third-order valence-electron chi connectivity index (χ3n) is 4.76. The predicted molar refractivity (Wildman–Crippen MR) is 88.6 cm³/mol. The summed E-state index contributed by atoms with van der Waals surface area (Å²) in [5.41, 5.74) is 3.50. The molecular weight excluding hydrogens is 298 g/mol. The van der Waals surface area contributed by atoms with Crippen LogP contribution in [-0.2, 0) is 11.2 Å². The maximum Gasteiger partial charge on any atom is 0.233 e. The first kappa shape index (κ1) is 15.4. The Morgan fingerprint density at radius 3 is 2.77 bits per heavy atom. The van der Waals surface area contributed by atoms with Crippen molar-refractivity contribution in [1.82, 2.24) is 4.90 Å². The molecule has 1 aliphatic carbocycles. The zero-order valence-electron chi connectivity index (χ0n) is 13.2. The highest BCUT2D eigenvalue weighted by atomic mass is 35.5. The van der Waals surface area contributed by atoms with Crippen LogP contribution in [0.3, 0.4) is 0 Å². The van der Waals surface area contributed by atoms with Crippen LogP contribution in [0.5, 0.6) is 5.75 Å². The number of amides is 1. The fourth-order valence-electron chi connectivity index (χ4n) is 3.49. The predicted octanol–water partition coefficient (Wildman–Crippen LogP) is 3.95. The monoisotopic (exact) mass is 319 g/mol. The lowest BCUT2D eigenvalue weighted by molar-refractivity contribution is -0.130. The minimum absolute atomic E-state index is 0.172. The van der Waals surface area contributed by atoms with Crippen molar-refractivity contribution in [3.05, 3.63) is 39.9 Å². The Morgan fingerprint density at radius 2 is 2.09 bits per heavy atom. The maximum atomic E-state index is 12.9. The molecule has 0 unspecified atom stereocenters. The first-order valence-corrected chi connectivity index (χ1v) is 8.30. The van der Waals surface area contributed by atoms with E-state index in [0.29, 0.717) is 10.8 Å². The molecule has 1 amide bonds. The molecule has 0 saturated heterocycles. The van der Waals surface area contributed by atoms with E-state index >= 15 is 0 Å². The molecular formula is C18H22ClNO2. The number of carbonyl (C=O) groups is 1. The summed E-state index contributed by atoms with van der Waals surface area (Å²) in [6, 6.07) is 3.94. The molecule has 4 heteroatoms. The molecule has 3 rings (SSSR count). The molecule has 0 bridgehead atoms. The van der Waals surface area contributed by atoms with Crippen molar-refractivity contribution in [3.63, 3.8) is 0 Å². The van der Waals surface area contributed by atoms with Gasteiger partial charge in [-0.15, -0.1) is 0 Å². The summed E-state index contributed by atoms with van der Waals surface area (Å²) in [6.45, 7) is 0.734. The number of ether oxygens (including phenoxy) is 1. The maximum absolute atomic E-state index is 12.9. The van der Waals surface area contributed by atoms with Crippen molar-refractivity contribution in [2.45, 2.75) is 38.0 Å². The van der Waals surface area contributed by atoms with E-state index in [2.05, 4.69) is 6.08 Å². The van der Waals surface area contributed by atoms with Crippen molar-refractivity contribution in [1.29, 1.82) is 0 Å². The second kappa shape index (κ2) is 6.33. The highest BCUT2D eigenvalue weighted by molar-refractivity contribution is 6.32. The van der Waals surface area contributed by atoms with E-state index in [-0.39, 0.29) is 11.8 Å². The number of allylic oxidation sites excluding steroid dienone is 1. The number of hydrogen-bond acceptors (Lipinski definition) is 2. The lowest BCUT2D eigenvalue weighted by Crippen LogP contribution is -2.32. The van der Waals surface area contributed by atoms with E-state index < -0.39 is 0 Å². The normalized spacial score (nSPS) is 22.0. The Morgan fingerprint density at radius 1 is 1.27 bits per heavy atom. The molecule has 0 N–H and O–H groups in total. The molecule has 2 aliphatic rings. The van der Waals surface area contributed by atoms with E-state index in [1.165, 1.54) is 24.0 Å². The number of hydrogen-bond donors (Lipinski definition) is 0. The Labute approximate surface area is 136 Å². The van der Waals surface area contributed by atoms with E-state index in [0.717, 1.165) is 31.4 Å². The van der Waals surface area contributed by atoms with Gasteiger partial charge in [-0.2, -0.15) is 0 Å². The van der Waals surface area contributed by atoms with Gasteiger partial charge in [-0.1, -0.05) is 23.3 Å². The van der Waals surface area contributed by atoms with Crippen LogP contribution < -0.4 is 4.74 Å². The summed E-state index contributed by atoms with van der Waals surface area (Å²) in [5.74, 6) is 0.671. The van der Waals surface area contributed by atoms with Gasteiger partial charge in [0, 0.05) is 13.6 Å². The molecule has 1 aliphatic heterocycles. The van der Waals surface area contributed by atoms with Crippen molar-refractivity contribution in [2.24, 2.45) is 0 Å². The lowest BCUT2D eigenvalue weighted by atomic mass is 9.82. The zero-order chi connectivity index (χ0) is 15.7. The van der Waals surface area contributed by atoms with Gasteiger partial charge in [-0.3, -0.25) is 4.79 Å². The Bertz CT molecular complexity index is 624. The first-order valence-electron chi connectivity index (χ1n) is 7.92. The number of carbonyl (C=O) groups excluding carboxylic acids is 1. The van der Waals surface area contributed by atoms with Gasteiger partial charge in [-0.25, -0.2) is 0 Å². The van der Waals surface area contributed by atoms with Crippen molar-refractivity contribution in [3.8, 4) is 5.75 Å². The molecule has 0 saturated carbocycles. The van der Waals surface area contributed by atoms with Crippen LogP contribution in [0.2, 0.25) is 5.02 Å². The van der Waals surface area contributed by atoms with Crippen molar-refractivity contribution < 1.29 is 9.53 Å². The number of methoxy groups -OCH3 is 1. The quantitative estimate of drug-likeness (QED) is 0.773. The topological polar surface area (TPSA) is 29.5 Å². The summed E-state index contributed by atoms with van der Waals surface area (Å²) >= 11 is 6.28. The van der Waals surface area contributed by atoms with Gasteiger partial charge in [-0.05, 0) is 55.4 Å². The first-order chi connectivity index (χ1) is 10.6. The van der Waals surface area contributed by atoms with Crippen molar-refractivity contribution in [2.75, 3.05) is 20.7 Å². The minimum Gasteiger partial charge on any atom is -0.495 e. The summed E-state index contributed by atoms with van der Waals surface area (Å²) in [6.07, 6.45) is 7.56. The molecule has 3 nitrogen and oxygen atoms in total. The van der Waals surface area contributed by atoms with Crippen LogP contribution in [0, 0.1) is 0 Å². The SMILES string of the molecule is COc1cc2c(cc1Cl)CCN(C)C(=O)[C@H]2C1=CCCCC1. The average molecular weight is 320 g/mol. The molecule has 118 valence electrons. The number of rotatable bonds is 2. The minimum atomic E-state index is -0.172. The molecule has 0 aromatic heterocycles. The van der Waals surface area contributed by atoms with Gasteiger partial charge < -0.3 is 9.64 Å². The molecule has 1 aromatic rings. The number of halogens is 1. The summed E-state index contributed by atoms with van der Waals surface area (Å²) < 4.78 is 5.37. The number of nitrogens with zero attached hydrogens (tertiary/aromatic N) is 1. The molecule has 1 heterocycles. The van der Waals surface area contributed by atoms with Gasteiger partial charge in [0.05, 0.1) is 18.1 Å². The van der Waals surface area contributed by atoms with Gasteiger partial charge in [0.15, 0.2) is 0 Å². The molecule has 1 aromatic carbocycles. The third-order valence-corrected chi connectivity index (χ3v) is 5.06. The number of benzene rings is 1. The van der Waals surface area contributed by atoms with E-state index in [1.54, 1.807) is 7.11 Å². The van der Waals surface area contributed by atoms with Crippen LogP contribution in [0.4, 0.5) is 0 Å². The highest BCUT2D eigenvalue weighted by Gasteiger charge is 2.33. The lowest BCUT2D eigenvalue weighted by Gasteiger charge is -2.26. The largest absolute Gasteiger partial charge is 0.495 e. The van der Waals surface area contributed by atoms with Crippen molar-refractivity contribution >= 4 is 17.5 Å². The highest BCUT2D eigenvalue weighted by Crippen LogP contribution is 2.40. The Kier molecular flexibility index (Phi) is 4.44. The number of fused-ring (bicyclic) bond motifs is 1. The molecule has 0 spiro atoms. The summed E-state index contributed by atoms with van der Waals surface area (Å²) in [4.78, 5) is 14.8. The zero-order valence-corrected chi connectivity index (χ0v) is 13.9. The second-order valence-electron chi connectivity index (χ2n) is 6.15. The van der Waals surface area contributed by atoms with E-state index in [1.807, 2.05) is 24.1 Å². The summed E-state index contributed by atoms with van der Waals surface area (Å²) in [7, 11) is 3.51. The van der Waals surface area contributed by atoms with Crippen LogP contribution >= 0.6 is 11.6 Å². The van der Waals surface area contributed by atoms with Gasteiger partial charge >= 0.3 is 0 Å². The Hall–Kier alpha value is -1.48. The standard InChI is InChI=1S/C18H22ClNO2/c1-20-9-8-13-10-15(19)16(22-2)11-14(13)17(18(20)21)12-6-4-3-5-7-12/h6,10-11,17H,3-5,7-9H2,1-2H3/t17-/m0/s1. The van der Waals surface area contributed by atoms with Gasteiger partial charge in [0.2, 0.25) is 5.91 Å². The van der Waals surface area contributed by atoms with Crippen LogP contribution in [0.15, 0.2) is 23.8 Å². The van der Waals surface area contributed by atoms with E-state index in [9.17, 15) is 4.79 Å². The molecule has 0 radical (unpaired) electrons. The van der Waals surface area contributed by atoms with Crippen LogP contribution in [0.1, 0.15) is 42.7 Å². The fraction of sp³-hybridized carbons (Fsp3) is 0.500.